The van der Waals surface area contributed by atoms with Crippen LogP contribution in [0.1, 0.15) is 50.2 Å². The molecule has 0 unspecified atom stereocenters. The summed E-state index contributed by atoms with van der Waals surface area (Å²) in [5.74, 6) is 0.863. The van der Waals surface area contributed by atoms with Crippen molar-refractivity contribution in [1.82, 2.24) is 4.72 Å². The first-order valence-corrected chi connectivity index (χ1v) is 9.30. The summed E-state index contributed by atoms with van der Waals surface area (Å²) in [5.41, 5.74) is 3.62. The van der Waals surface area contributed by atoms with Crippen molar-refractivity contribution in [2.45, 2.75) is 55.9 Å². The van der Waals surface area contributed by atoms with Crippen molar-refractivity contribution < 1.29 is 8.42 Å². The lowest BCUT2D eigenvalue weighted by atomic mass is 10.0. The number of fused-ring (bicyclic) bond motifs is 1. The minimum Gasteiger partial charge on any atom is -0.207 e. The Morgan fingerprint density at radius 2 is 2.05 bits per heavy atom. The van der Waals surface area contributed by atoms with Gasteiger partial charge in [0.05, 0.1) is 4.90 Å². The van der Waals surface area contributed by atoms with Gasteiger partial charge in [-0.3, -0.25) is 0 Å². The van der Waals surface area contributed by atoms with Gasteiger partial charge in [-0.2, -0.15) is 0 Å². The van der Waals surface area contributed by atoms with Gasteiger partial charge in [0, 0.05) is 5.54 Å². The minimum atomic E-state index is -3.38. The average molecular weight is 303 g/mol. The molecule has 3 nitrogen and oxygen atoms in total. The number of nitrogens with one attached hydrogen (secondary N) is 1. The van der Waals surface area contributed by atoms with Crippen molar-refractivity contribution in [2.75, 3.05) is 0 Å². The molecule has 2 saturated carbocycles. The highest BCUT2D eigenvalue weighted by Gasteiger charge is 2.41. The van der Waals surface area contributed by atoms with Crippen LogP contribution in [0.15, 0.2) is 29.2 Å². The van der Waals surface area contributed by atoms with Crippen LogP contribution in [0, 0.1) is 5.92 Å². The van der Waals surface area contributed by atoms with E-state index >= 15 is 0 Å². The largest absolute Gasteiger partial charge is 0.241 e. The summed E-state index contributed by atoms with van der Waals surface area (Å²) in [6.07, 6.45) is 8.88. The molecule has 0 aliphatic heterocycles. The second kappa shape index (κ2) is 4.43. The van der Waals surface area contributed by atoms with Gasteiger partial charge in [0.2, 0.25) is 10.0 Å². The van der Waals surface area contributed by atoms with E-state index in [9.17, 15) is 8.42 Å². The van der Waals surface area contributed by atoms with E-state index in [0.717, 1.165) is 37.2 Å². The molecule has 0 saturated heterocycles. The Morgan fingerprint density at radius 1 is 1.29 bits per heavy atom. The van der Waals surface area contributed by atoms with E-state index < -0.39 is 10.0 Å². The summed E-state index contributed by atoms with van der Waals surface area (Å²) >= 11 is 0. The molecule has 1 aromatic carbocycles. The fraction of sp³-hybridized carbons (Fsp3) is 0.529. The monoisotopic (exact) mass is 303 g/mol. The fourth-order valence-corrected chi connectivity index (χ4v) is 4.58. The molecule has 0 atom stereocenters. The Balaban J connectivity index is 1.59. The maximum atomic E-state index is 12.4. The first-order chi connectivity index (χ1) is 9.95. The maximum Gasteiger partial charge on any atom is 0.241 e. The summed E-state index contributed by atoms with van der Waals surface area (Å²) in [6.45, 7) is 1.97. The first kappa shape index (κ1) is 13.5. The molecule has 0 spiro atoms. The maximum absolute atomic E-state index is 12.4. The molecule has 0 bridgehead atoms. The standard InChI is InChI=1S/C17H21NO2S/c1-17(8-9-17)18-21(19,20)15-6-7-16-13(10-12-2-3-12)4-5-14(16)11-15/h4,6-7,11-12,18H,2-3,5,8-10H2,1H3. The molecular weight excluding hydrogens is 282 g/mol. The second-order valence-corrected chi connectivity index (χ2v) is 8.75. The van der Waals surface area contributed by atoms with Crippen molar-refractivity contribution in [2.24, 2.45) is 5.92 Å². The Bertz CT molecular complexity index is 725. The summed E-state index contributed by atoms with van der Waals surface area (Å²) in [6, 6.07) is 5.62. The second-order valence-electron chi connectivity index (χ2n) is 7.07. The van der Waals surface area contributed by atoms with E-state index in [4.69, 9.17) is 0 Å². The van der Waals surface area contributed by atoms with Crippen LogP contribution in [0.5, 0.6) is 0 Å². The molecule has 4 heteroatoms. The van der Waals surface area contributed by atoms with Gasteiger partial charge in [-0.1, -0.05) is 12.1 Å². The van der Waals surface area contributed by atoms with Gasteiger partial charge in [0.15, 0.2) is 0 Å². The molecule has 2 fully saturated rings. The Hall–Kier alpha value is -1.13. The van der Waals surface area contributed by atoms with Gasteiger partial charge in [-0.15, -0.1) is 0 Å². The molecule has 1 aromatic rings. The zero-order chi connectivity index (χ0) is 14.7. The SMILES string of the molecule is CC1(NS(=O)(=O)c2ccc3c(c2)CC=C3CC2CC2)CC1. The van der Waals surface area contributed by atoms with Crippen LogP contribution < -0.4 is 4.72 Å². The lowest BCUT2D eigenvalue weighted by Crippen LogP contribution is -2.34. The summed E-state index contributed by atoms with van der Waals surface area (Å²) in [7, 11) is -3.38. The molecule has 0 heterocycles. The van der Waals surface area contributed by atoms with E-state index in [1.54, 1.807) is 6.07 Å². The Morgan fingerprint density at radius 3 is 2.71 bits per heavy atom. The zero-order valence-corrected chi connectivity index (χ0v) is 13.2. The van der Waals surface area contributed by atoms with Gasteiger partial charge in [0.1, 0.15) is 0 Å². The number of sulfonamides is 1. The number of hydrogen-bond acceptors (Lipinski definition) is 2. The third-order valence-electron chi connectivity index (χ3n) is 4.89. The highest BCUT2D eigenvalue weighted by molar-refractivity contribution is 7.89. The highest BCUT2D eigenvalue weighted by atomic mass is 32.2. The van der Waals surface area contributed by atoms with Crippen molar-refractivity contribution in [3.05, 3.63) is 35.4 Å². The quantitative estimate of drug-likeness (QED) is 0.907. The number of rotatable bonds is 5. The normalized spacial score (nSPS) is 22.8. The number of hydrogen-bond donors (Lipinski definition) is 1. The van der Waals surface area contributed by atoms with E-state index in [2.05, 4.69) is 10.8 Å². The molecule has 21 heavy (non-hydrogen) atoms. The molecule has 3 aliphatic carbocycles. The molecular formula is C17H21NO2S. The smallest absolute Gasteiger partial charge is 0.207 e. The third-order valence-corrected chi connectivity index (χ3v) is 6.52. The van der Waals surface area contributed by atoms with E-state index in [-0.39, 0.29) is 5.54 Å². The van der Waals surface area contributed by atoms with Crippen molar-refractivity contribution >= 4 is 15.6 Å². The van der Waals surface area contributed by atoms with Crippen LogP contribution in [-0.4, -0.2) is 14.0 Å². The number of benzene rings is 1. The van der Waals surface area contributed by atoms with Crippen LogP contribution >= 0.6 is 0 Å². The molecule has 0 radical (unpaired) electrons. The summed E-state index contributed by atoms with van der Waals surface area (Å²) in [5, 5.41) is 0. The van der Waals surface area contributed by atoms with Gasteiger partial charge in [0.25, 0.3) is 0 Å². The van der Waals surface area contributed by atoms with Gasteiger partial charge in [-0.05, 0) is 80.2 Å². The van der Waals surface area contributed by atoms with Crippen LogP contribution in [-0.2, 0) is 16.4 Å². The molecule has 112 valence electrons. The lowest BCUT2D eigenvalue weighted by Gasteiger charge is -2.13. The molecule has 1 N–H and O–H groups in total. The number of allylic oxidation sites excluding steroid dienone is 2. The fourth-order valence-electron chi connectivity index (χ4n) is 3.06. The molecule has 0 aromatic heterocycles. The van der Waals surface area contributed by atoms with E-state index in [1.807, 2.05) is 19.1 Å². The van der Waals surface area contributed by atoms with Crippen molar-refractivity contribution in [3.63, 3.8) is 0 Å². The van der Waals surface area contributed by atoms with Gasteiger partial charge in [-0.25, -0.2) is 13.1 Å². The highest BCUT2D eigenvalue weighted by Crippen LogP contribution is 2.42. The zero-order valence-electron chi connectivity index (χ0n) is 12.4. The molecule has 3 aliphatic rings. The van der Waals surface area contributed by atoms with Gasteiger partial charge >= 0.3 is 0 Å². The Labute approximate surface area is 126 Å². The van der Waals surface area contributed by atoms with Crippen molar-refractivity contribution in [1.29, 1.82) is 0 Å². The lowest BCUT2D eigenvalue weighted by molar-refractivity contribution is 0.558. The van der Waals surface area contributed by atoms with Gasteiger partial charge < -0.3 is 0 Å². The summed E-state index contributed by atoms with van der Waals surface area (Å²) in [4.78, 5) is 0.412. The molecule has 4 rings (SSSR count). The minimum absolute atomic E-state index is 0.215. The molecule has 0 amide bonds. The Kier molecular flexibility index (Phi) is 2.86. The average Bonchev–Trinajstić information content (AvgIpc) is 3.32. The van der Waals surface area contributed by atoms with E-state index in [1.165, 1.54) is 24.0 Å². The van der Waals surface area contributed by atoms with Crippen molar-refractivity contribution in [3.8, 4) is 0 Å². The predicted molar refractivity (Wildman–Crippen MR) is 83.4 cm³/mol. The summed E-state index contributed by atoms with van der Waals surface area (Å²) < 4.78 is 27.7. The first-order valence-electron chi connectivity index (χ1n) is 7.82. The predicted octanol–water partition coefficient (Wildman–Crippen LogP) is 3.26. The third kappa shape index (κ3) is 2.67. The topological polar surface area (TPSA) is 46.2 Å². The van der Waals surface area contributed by atoms with Crippen LogP contribution in [0.4, 0.5) is 0 Å². The van der Waals surface area contributed by atoms with Crippen LogP contribution in [0.25, 0.3) is 5.57 Å². The van der Waals surface area contributed by atoms with Crippen LogP contribution in [0.3, 0.4) is 0 Å². The van der Waals surface area contributed by atoms with E-state index in [0.29, 0.717) is 4.90 Å². The van der Waals surface area contributed by atoms with Crippen LogP contribution in [0.2, 0.25) is 0 Å².